The van der Waals surface area contributed by atoms with E-state index < -0.39 is 0 Å². The summed E-state index contributed by atoms with van der Waals surface area (Å²) in [4.78, 5) is 12.2. The maximum atomic E-state index is 12.2. The second-order valence-corrected chi connectivity index (χ2v) is 4.94. The van der Waals surface area contributed by atoms with Gasteiger partial charge in [-0.2, -0.15) is 0 Å². The number of carbonyl (C=O) groups excluding carboxylic acids is 1. The van der Waals surface area contributed by atoms with E-state index in [1.807, 2.05) is 56.3 Å². The fourth-order valence-electron chi connectivity index (χ4n) is 2.06. The number of hydrogen-bond donors (Lipinski definition) is 2. The van der Waals surface area contributed by atoms with Gasteiger partial charge in [0, 0.05) is 17.9 Å². The summed E-state index contributed by atoms with van der Waals surface area (Å²) in [7, 11) is 0. The monoisotopic (exact) mass is 269 g/mol. The molecule has 0 aliphatic heterocycles. The van der Waals surface area contributed by atoms with Crippen LogP contribution in [0.3, 0.4) is 0 Å². The van der Waals surface area contributed by atoms with Crippen LogP contribution in [-0.4, -0.2) is 17.6 Å². The number of aliphatic hydroxyl groups is 1. The highest BCUT2D eigenvalue weighted by Crippen LogP contribution is 2.15. The maximum Gasteiger partial charge on any atom is 0.255 e. The van der Waals surface area contributed by atoms with E-state index in [2.05, 4.69) is 5.32 Å². The van der Waals surface area contributed by atoms with Crippen LogP contribution in [0.15, 0.2) is 42.5 Å². The van der Waals surface area contributed by atoms with E-state index in [-0.39, 0.29) is 12.5 Å². The molecule has 0 aromatic heterocycles. The van der Waals surface area contributed by atoms with E-state index in [4.69, 9.17) is 5.11 Å². The molecule has 0 bridgehead atoms. The molecule has 0 radical (unpaired) electrons. The van der Waals surface area contributed by atoms with Gasteiger partial charge >= 0.3 is 0 Å². The van der Waals surface area contributed by atoms with Crippen molar-refractivity contribution < 1.29 is 9.90 Å². The van der Waals surface area contributed by atoms with Crippen LogP contribution in [-0.2, 0) is 6.42 Å². The Hall–Kier alpha value is -2.13. The first kappa shape index (κ1) is 14.3. The van der Waals surface area contributed by atoms with Crippen LogP contribution in [0, 0.1) is 13.8 Å². The molecule has 0 saturated heterocycles. The van der Waals surface area contributed by atoms with E-state index in [9.17, 15) is 4.79 Å². The minimum atomic E-state index is -0.0962. The van der Waals surface area contributed by atoms with E-state index >= 15 is 0 Å². The second kappa shape index (κ2) is 6.35. The third-order valence-electron chi connectivity index (χ3n) is 3.25. The Kier molecular flexibility index (Phi) is 4.53. The van der Waals surface area contributed by atoms with Crippen LogP contribution < -0.4 is 5.32 Å². The summed E-state index contributed by atoms with van der Waals surface area (Å²) in [5, 5.41) is 11.8. The Morgan fingerprint density at radius 2 is 1.80 bits per heavy atom. The fourth-order valence-corrected chi connectivity index (χ4v) is 2.06. The zero-order valence-corrected chi connectivity index (χ0v) is 11.8. The average Bonchev–Trinajstić information content (AvgIpc) is 2.44. The summed E-state index contributed by atoms with van der Waals surface area (Å²) in [5.41, 5.74) is 4.54. The Bertz CT molecular complexity index is 603. The Labute approximate surface area is 119 Å². The zero-order valence-electron chi connectivity index (χ0n) is 11.8. The van der Waals surface area contributed by atoms with E-state index in [0.717, 1.165) is 22.4 Å². The first-order valence-electron chi connectivity index (χ1n) is 6.68. The van der Waals surface area contributed by atoms with Gasteiger partial charge in [0.1, 0.15) is 0 Å². The number of amides is 1. The number of aryl methyl sites for hydroxylation is 2. The number of carbonyl (C=O) groups is 1. The van der Waals surface area contributed by atoms with Crippen molar-refractivity contribution in [2.24, 2.45) is 0 Å². The quantitative estimate of drug-likeness (QED) is 0.896. The smallest absolute Gasteiger partial charge is 0.255 e. The summed E-state index contributed by atoms with van der Waals surface area (Å²) in [6.45, 7) is 4.03. The molecule has 0 aliphatic carbocycles. The number of anilines is 1. The molecule has 1 amide bonds. The summed E-state index contributed by atoms with van der Waals surface area (Å²) in [5.74, 6) is -0.0962. The van der Waals surface area contributed by atoms with Gasteiger partial charge in [0.15, 0.2) is 0 Å². The molecule has 0 heterocycles. The van der Waals surface area contributed by atoms with E-state index in [1.54, 1.807) is 0 Å². The molecule has 3 heteroatoms. The van der Waals surface area contributed by atoms with Crippen molar-refractivity contribution in [1.29, 1.82) is 0 Å². The topological polar surface area (TPSA) is 49.3 Å². The summed E-state index contributed by atoms with van der Waals surface area (Å²) < 4.78 is 0. The van der Waals surface area contributed by atoms with Gasteiger partial charge in [-0.15, -0.1) is 0 Å². The van der Waals surface area contributed by atoms with Gasteiger partial charge in [0.25, 0.3) is 5.91 Å². The molecular formula is C17H19NO2. The molecule has 2 N–H and O–H groups in total. The lowest BCUT2D eigenvalue weighted by molar-refractivity contribution is 0.102. The van der Waals surface area contributed by atoms with Crippen molar-refractivity contribution >= 4 is 11.6 Å². The largest absolute Gasteiger partial charge is 0.396 e. The van der Waals surface area contributed by atoms with Gasteiger partial charge in [-0.05, 0) is 49.6 Å². The van der Waals surface area contributed by atoms with Gasteiger partial charge in [0.2, 0.25) is 0 Å². The molecule has 0 aliphatic rings. The molecule has 0 saturated carbocycles. The second-order valence-electron chi connectivity index (χ2n) is 4.94. The minimum absolute atomic E-state index is 0.0962. The predicted octanol–water partition coefficient (Wildman–Crippen LogP) is 3.09. The highest BCUT2D eigenvalue weighted by atomic mass is 16.2. The van der Waals surface area contributed by atoms with Crippen molar-refractivity contribution in [3.05, 3.63) is 64.7 Å². The molecule has 2 rings (SSSR count). The lowest BCUT2D eigenvalue weighted by Gasteiger charge is -2.09. The standard InChI is InChI=1S/C17H19NO2/c1-12-3-4-13(2)16(11-12)17(20)18-15-7-5-14(6-8-15)9-10-19/h3-8,11,19H,9-10H2,1-2H3,(H,18,20). The normalized spacial score (nSPS) is 10.3. The fraction of sp³-hybridized carbons (Fsp3) is 0.235. The van der Waals surface area contributed by atoms with Crippen LogP contribution in [0.25, 0.3) is 0 Å². The van der Waals surface area contributed by atoms with Crippen molar-refractivity contribution in [3.8, 4) is 0 Å². The molecule has 3 nitrogen and oxygen atoms in total. The SMILES string of the molecule is Cc1ccc(C)c(C(=O)Nc2ccc(CCO)cc2)c1. The molecule has 0 atom stereocenters. The van der Waals surface area contributed by atoms with Crippen molar-refractivity contribution in [1.82, 2.24) is 0 Å². The molecule has 104 valence electrons. The van der Waals surface area contributed by atoms with E-state index in [0.29, 0.717) is 12.0 Å². The number of hydrogen-bond acceptors (Lipinski definition) is 2. The first-order valence-corrected chi connectivity index (χ1v) is 6.68. The molecule has 2 aromatic carbocycles. The Morgan fingerprint density at radius 1 is 1.10 bits per heavy atom. The van der Waals surface area contributed by atoms with Gasteiger partial charge in [-0.25, -0.2) is 0 Å². The van der Waals surface area contributed by atoms with Crippen LogP contribution >= 0.6 is 0 Å². The minimum Gasteiger partial charge on any atom is -0.396 e. The molecule has 20 heavy (non-hydrogen) atoms. The third kappa shape index (κ3) is 3.45. The Balaban J connectivity index is 2.13. The maximum absolute atomic E-state index is 12.2. The first-order chi connectivity index (χ1) is 9.60. The summed E-state index contributed by atoms with van der Waals surface area (Å²) in [6, 6.07) is 13.4. The molecular weight excluding hydrogens is 250 g/mol. The van der Waals surface area contributed by atoms with Gasteiger partial charge in [0.05, 0.1) is 0 Å². The molecule has 0 spiro atoms. The lowest BCUT2D eigenvalue weighted by atomic mass is 10.0. The van der Waals surface area contributed by atoms with Gasteiger partial charge in [-0.1, -0.05) is 29.8 Å². The number of benzene rings is 2. The van der Waals surface area contributed by atoms with Gasteiger partial charge in [-0.3, -0.25) is 4.79 Å². The number of rotatable bonds is 4. The highest BCUT2D eigenvalue weighted by Gasteiger charge is 2.09. The van der Waals surface area contributed by atoms with Crippen molar-refractivity contribution in [2.45, 2.75) is 20.3 Å². The van der Waals surface area contributed by atoms with Crippen LogP contribution in [0.2, 0.25) is 0 Å². The molecule has 2 aromatic rings. The lowest BCUT2D eigenvalue weighted by Crippen LogP contribution is -2.13. The molecule has 0 fully saturated rings. The van der Waals surface area contributed by atoms with Gasteiger partial charge < -0.3 is 10.4 Å². The van der Waals surface area contributed by atoms with Crippen LogP contribution in [0.5, 0.6) is 0 Å². The number of nitrogens with one attached hydrogen (secondary N) is 1. The van der Waals surface area contributed by atoms with Crippen molar-refractivity contribution in [3.63, 3.8) is 0 Å². The third-order valence-corrected chi connectivity index (χ3v) is 3.25. The van der Waals surface area contributed by atoms with Crippen molar-refractivity contribution in [2.75, 3.05) is 11.9 Å². The summed E-state index contributed by atoms with van der Waals surface area (Å²) >= 11 is 0. The highest BCUT2D eigenvalue weighted by molar-refractivity contribution is 6.05. The predicted molar refractivity (Wildman–Crippen MR) is 81.1 cm³/mol. The number of aliphatic hydroxyl groups excluding tert-OH is 1. The Morgan fingerprint density at radius 3 is 2.45 bits per heavy atom. The summed E-state index contributed by atoms with van der Waals surface area (Å²) in [6.07, 6.45) is 0.630. The zero-order chi connectivity index (χ0) is 14.5. The average molecular weight is 269 g/mol. The van der Waals surface area contributed by atoms with Crippen LogP contribution in [0.4, 0.5) is 5.69 Å². The molecule has 0 unspecified atom stereocenters. The van der Waals surface area contributed by atoms with E-state index in [1.165, 1.54) is 0 Å². The van der Waals surface area contributed by atoms with Crippen LogP contribution in [0.1, 0.15) is 27.0 Å².